The number of hydrogen-bond donors (Lipinski definition) is 1. The van der Waals surface area contributed by atoms with Crippen LogP contribution in [0.25, 0.3) is 0 Å². The fourth-order valence-corrected chi connectivity index (χ4v) is 4.53. The van der Waals surface area contributed by atoms with E-state index in [0.717, 1.165) is 25.6 Å². The normalized spacial score (nSPS) is 22.5. The monoisotopic (exact) mass is 336 g/mol. The fourth-order valence-electron chi connectivity index (χ4n) is 3.97. The Morgan fingerprint density at radius 1 is 1.17 bits per heavy atom. The number of rotatable bonds is 4. The summed E-state index contributed by atoms with van der Waals surface area (Å²) in [5, 5.41) is 0. The van der Waals surface area contributed by atoms with Crippen molar-refractivity contribution in [3.8, 4) is 0 Å². The van der Waals surface area contributed by atoms with Crippen molar-refractivity contribution in [2.45, 2.75) is 44.6 Å². The van der Waals surface area contributed by atoms with Crippen LogP contribution in [-0.2, 0) is 10.0 Å². The zero-order valence-corrected chi connectivity index (χ0v) is 14.3. The number of carbonyl (C=O) groups is 1. The van der Waals surface area contributed by atoms with Crippen LogP contribution in [0.3, 0.4) is 0 Å². The molecule has 0 aromatic heterocycles. The number of carbonyl (C=O) groups excluding carboxylic acids is 1. The molecule has 1 heterocycles. The van der Waals surface area contributed by atoms with E-state index in [9.17, 15) is 13.2 Å². The Bertz CT molecular complexity index is 681. The number of benzene rings is 1. The van der Waals surface area contributed by atoms with Gasteiger partial charge in [-0.3, -0.25) is 9.52 Å². The summed E-state index contributed by atoms with van der Waals surface area (Å²) in [5.74, 6) is 0.662. The molecule has 23 heavy (non-hydrogen) atoms. The number of hydrogen-bond acceptors (Lipinski definition) is 3. The predicted molar refractivity (Wildman–Crippen MR) is 90.9 cm³/mol. The standard InChI is InChI=1S/C17H24N2O3S/c1-23(21,22)18-15-9-4-8-14(12-15)17(20)19-11-5-10-16(19)13-6-2-3-7-13/h4,8-9,12-13,16,18H,2-3,5-7,10-11H2,1H3. The third-order valence-electron chi connectivity index (χ3n) is 4.92. The number of nitrogens with zero attached hydrogens (tertiary/aromatic N) is 1. The maximum absolute atomic E-state index is 12.9. The first kappa shape index (κ1) is 16.3. The van der Waals surface area contributed by atoms with Crippen molar-refractivity contribution < 1.29 is 13.2 Å². The minimum atomic E-state index is -3.34. The van der Waals surface area contributed by atoms with E-state index in [4.69, 9.17) is 0 Å². The first-order valence-corrected chi connectivity index (χ1v) is 10.2. The quantitative estimate of drug-likeness (QED) is 0.919. The lowest BCUT2D eigenvalue weighted by Gasteiger charge is -2.29. The van der Waals surface area contributed by atoms with Crippen molar-refractivity contribution in [2.24, 2.45) is 5.92 Å². The molecular weight excluding hydrogens is 312 g/mol. The Labute approximate surface area is 138 Å². The summed E-state index contributed by atoms with van der Waals surface area (Å²) < 4.78 is 25.1. The SMILES string of the molecule is CS(=O)(=O)Nc1cccc(C(=O)N2CCCC2C2CCCC2)c1. The van der Waals surface area contributed by atoms with Crippen molar-refractivity contribution in [2.75, 3.05) is 17.5 Å². The maximum Gasteiger partial charge on any atom is 0.254 e. The lowest BCUT2D eigenvalue weighted by molar-refractivity contribution is 0.0689. The molecule has 1 saturated carbocycles. The number of anilines is 1. The van der Waals surface area contributed by atoms with Crippen molar-refractivity contribution in [1.82, 2.24) is 4.90 Å². The molecular formula is C17H24N2O3S. The lowest BCUT2D eigenvalue weighted by atomic mass is 9.95. The lowest BCUT2D eigenvalue weighted by Crippen LogP contribution is -2.39. The second-order valence-corrected chi connectivity index (χ2v) is 8.46. The van der Waals surface area contributed by atoms with Gasteiger partial charge >= 0.3 is 0 Å². The summed E-state index contributed by atoms with van der Waals surface area (Å²) in [6.07, 6.45) is 8.27. The topological polar surface area (TPSA) is 66.5 Å². The number of likely N-dealkylation sites (tertiary alicyclic amines) is 1. The van der Waals surface area contributed by atoms with Gasteiger partial charge < -0.3 is 4.90 Å². The highest BCUT2D eigenvalue weighted by molar-refractivity contribution is 7.92. The third kappa shape index (κ3) is 3.86. The molecule has 0 bridgehead atoms. The molecule has 1 saturated heterocycles. The molecule has 1 aromatic rings. The number of amides is 1. The summed E-state index contributed by atoms with van der Waals surface area (Å²) in [6, 6.07) is 7.14. The fraction of sp³-hybridized carbons (Fsp3) is 0.588. The summed E-state index contributed by atoms with van der Waals surface area (Å²) in [5.41, 5.74) is 0.999. The summed E-state index contributed by atoms with van der Waals surface area (Å²) >= 11 is 0. The average molecular weight is 336 g/mol. The van der Waals surface area contributed by atoms with E-state index in [2.05, 4.69) is 4.72 Å². The van der Waals surface area contributed by atoms with E-state index >= 15 is 0 Å². The molecule has 1 aliphatic carbocycles. The van der Waals surface area contributed by atoms with Crippen LogP contribution in [0, 0.1) is 5.92 Å². The van der Waals surface area contributed by atoms with Crippen LogP contribution in [0.1, 0.15) is 48.9 Å². The van der Waals surface area contributed by atoms with E-state index in [1.165, 1.54) is 25.7 Å². The van der Waals surface area contributed by atoms with Gasteiger partial charge in [-0.1, -0.05) is 18.9 Å². The van der Waals surface area contributed by atoms with Crippen molar-refractivity contribution >= 4 is 21.6 Å². The van der Waals surface area contributed by atoms with Crippen LogP contribution < -0.4 is 4.72 Å². The molecule has 126 valence electrons. The van der Waals surface area contributed by atoms with Crippen molar-refractivity contribution in [3.05, 3.63) is 29.8 Å². The Kier molecular flexibility index (Phi) is 4.62. The third-order valence-corrected chi connectivity index (χ3v) is 5.52. The summed E-state index contributed by atoms with van der Waals surface area (Å²) in [7, 11) is -3.34. The molecule has 1 atom stereocenters. The minimum Gasteiger partial charge on any atom is -0.335 e. The van der Waals surface area contributed by atoms with Gasteiger partial charge in [0, 0.05) is 23.8 Å². The van der Waals surface area contributed by atoms with Crippen LogP contribution in [0.15, 0.2) is 24.3 Å². The molecule has 5 nitrogen and oxygen atoms in total. The second kappa shape index (κ2) is 6.51. The number of sulfonamides is 1. The van der Waals surface area contributed by atoms with Crippen molar-refractivity contribution in [3.63, 3.8) is 0 Å². The Balaban J connectivity index is 1.78. The van der Waals surface area contributed by atoms with Gasteiger partial charge in [-0.25, -0.2) is 8.42 Å². The second-order valence-electron chi connectivity index (χ2n) is 6.71. The smallest absolute Gasteiger partial charge is 0.254 e. The Morgan fingerprint density at radius 2 is 1.91 bits per heavy atom. The van der Waals surface area contributed by atoms with Gasteiger partial charge in [0.15, 0.2) is 0 Å². The first-order valence-electron chi connectivity index (χ1n) is 8.33. The van der Waals surface area contributed by atoms with Crippen LogP contribution in [0.4, 0.5) is 5.69 Å². The summed E-state index contributed by atoms with van der Waals surface area (Å²) in [4.78, 5) is 14.9. The molecule has 1 amide bonds. The highest BCUT2D eigenvalue weighted by atomic mass is 32.2. The average Bonchev–Trinajstić information content (AvgIpc) is 3.15. The molecule has 6 heteroatoms. The van der Waals surface area contributed by atoms with Crippen LogP contribution >= 0.6 is 0 Å². The number of nitrogens with one attached hydrogen (secondary N) is 1. The van der Waals surface area contributed by atoms with Crippen LogP contribution in [0.2, 0.25) is 0 Å². The molecule has 1 aliphatic heterocycles. The minimum absolute atomic E-state index is 0.0246. The van der Waals surface area contributed by atoms with Gasteiger partial charge in [-0.2, -0.15) is 0 Å². The Morgan fingerprint density at radius 3 is 2.61 bits per heavy atom. The van der Waals surface area contributed by atoms with Crippen LogP contribution in [0.5, 0.6) is 0 Å². The first-order chi connectivity index (χ1) is 10.9. The molecule has 0 radical (unpaired) electrons. The molecule has 1 N–H and O–H groups in total. The largest absolute Gasteiger partial charge is 0.335 e. The Hall–Kier alpha value is -1.56. The predicted octanol–water partition coefficient (Wildman–Crippen LogP) is 2.85. The van der Waals surface area contributed by atoms with Crippen LogP contribution in [-0.4, -0.2) is 38.1 Å². The molecule has 1 unspecified atom stereocenters. The van der Waals surface area contributed by atoms with E-state index in [1.807, 2.05) is 4.90 Å². The molecule has 3 rings (SSSR count). The van der Waals surface area contributed by atoms with Gasteiger partial charge in [-0.05, 0) is 49.8 Å². The highest BCUT2D eigenvalue weighted by Crippen LogP contribution is 2.36. The maximum atomic E-state index is 12.9. The molecule has 2 aliphatic rings. The van der Waals surface area contributed by atoms with E-state index in [-0.39, 0.29) is 5.91 Å². The van der Waals surface area contributed by atoms with E-state index < -0.39 is 10.0 Å². The highest BCUT2D eigenvalue weighted by Gasteiger charge is 2.36. The van der Waals surface area contributed by atoms with E-state index in [1.54, 1.807) is 24.3 Å². The molecule has 0 spiro atoms. The van der Waals surface area contributed by atoms with Gasteiger partial charge in [0.25, 0.3) is 5.91 Å². The molecule has 2 fully saturated rings. The zero-order chi connectivity index (χ0) is 16.4. The van der Waals surface area contributed by atoms with Gasteiger partial charge in [0.05, 0.1) is 6.26 Å². The van der Waals surface area contributed by atoms with E-state index in [0.29, 0.717) is 23.2 Å². The summed E-state index contributed by atoms with van der Waals surface area (Å²) in [6.45, 7) is 0.809. The molecule has 1 aromatic carbocycles. The van der Waals surface area contributed by atoms with Gasteiger partial charge in [-0.15, -0.1) is 0 Å². The van der Waals surface area contributed by atoms with Crippen molar-refractivity contribution in [1.29, 1.82) is 0 Å². The zero-order valence-electron chi connectivity index (χ0n) is 13.5. The van der Waals surface area contributed by atoms with Gasteiger partial charge in [0.1, 0.15) is 0 Å². The van der Waals surface area contributed by atoms with Gasteiger partial charge in [0.2, 0.25) is 10.0 Å².